The normalized spacial score (nSPS) is 17.3. The topological polar surface area (TPSA) is 129 Å². The highest BCUT2D eigenvalue weighted by Gasteiger charge is 2.39. The Bertz CT molecular complexity index is 1950. The van der Waals surface area contributed by atoms with Crippen molar-refractivity contribution >= 4 is 28.3 Å². The van der Waals surface area contributed by atoms with E-state index >= 15 is 0 Å². The molecule has 11 nitrogen and oxygen atoms in total. The van der Waals surface area contributed by atoms with Gasteiger partial charge in [-0.1, -0.05) is 0 Å². The molecule has 2 aliphatic carbocycles. The van der Waals surface area contributed by atoms with Crippen LogP contribution in [0.15, 0.2) is 49.3 Å². The molecule has 2 atom stereocenters. The number of anilines is 2. The van der Waals surface area contributed by atoms with E-state index in [-0.39, 0.29) is 53.3 Å². The molecule has 15 heteroatoms. The minimum atomic E-state index is -1.14. The Morgan fingerprint density at radius 2 is 1.62 bits per heavy atom. The van der Waals surface area contributed by atoms with E-state index in [4.69, 9.17) is 9.47 Å². The van der Waals surface area contributed by atoms with Gasteiger partial charge in [0.1, 0.15) is 24.0 Å². The van der Waals surface area contributed by atoms with Gasteiger partial charge in [0.05, 0.1) is 41.7 Å². The second-order valence-electron chi connectivity index (χ2n) is 10.8. The van der Waals surface area contributed by atoms with E-state index in [0.717, 1.165) is 37.1 Å². The van der Waals surface area contributed by atoms with E-state index in [1.165, 1.54) is 26.0 Å². The SMILES string of the molecule is COc1ncncc1C(=O)Nc1cc(F)c(F)cc1NC1CC1COc1ncncc1-c1nc2cc(F)c(F)cc2n1C1CC1. The zero-order valence-corrected chi connectivity index (χ0v) is 23.6. The second kappa shape index (κ2) is 11.3. The Balaban J connectivity index is 1.07. The van der Waals surface area contributed by atoms with Gasteiger partial charge in [-0.25, -0.2) is 42.5 Å². The first kappa shape index (κ1) is 28.4. The molecule has 0 saturated heterocycles. The first-order valence-corrected chi connectivity index (χ1v) is 14.0. The van der Waals surface area contributed by atoms with Gasteiger partial charge in [0.2, 0.25) is 11.8 Å². The van der Waals surface area contributed by atoms with E-state index < -0.39 is 29.2 Å². The van der Waals surface area contributed by atoms with Crippen LogP contribution in [0.4, 0.5) is 28.9 Å². The van der Waals surface area contributed by atoms with E-state index in [2.05, 4.69) is 35.6 Å². The fourth-order valence-electron chi connectivity index (χ4n) is 5.16. The molecule has 2 aliphatic rings. The molecule has 5 aromatic rings. The largest absolute Gasteiger partial charge is 0.480 e. The van der Waals surface area contributed by atoms with Gasteiger partial charge < -0.3 is 24.7 Å². The van der Waals surface area contributed by atoms with Crippen LogP contribution in [0.3, 0.4) is 0 Å². The summed E-state index contributed by atoms with van der Waals surface area (Å²) in [5, 5.41) is 5.71. The highest BCUT2D eigenvalue weighted by molar-refractivity contribution is 6.07. The number of aromatic nitrogens is 6. The van der Waals surface area contributed by atoms with Crippen molar-refractivity contribution in [2.75, 3.05) is 24.4 Å². The van der Waals surface area contributed by atoms with Crippen LogP contribution in [0.2, 0.25) is 0 Å². The molecule has 3 heterocycles. The number of ether oxygens (including phenoxy) is 2. The van der Waals surface area contributed by atoms with Crippen LogP contribution >= 0.6 is 0 Å². The van der Waals surface area contributed by atoms with Crippen molar-refractivity contribution in [3.05, 3.63) is 78.1 Å². The first-order valence-electron chi connectivity index (χ1n) is 14.0. The molecule has 0 aliphatic heterocycles. The number of amides is 1. The highest BCUT2D eigenvalue weighted by atomic mass is 19.2. The molecular weight excluding hydrogens is 596 g/mol. The summed E-state index contributed by atoms with van der Waals surface area (Å²) in [5.41, 5.74) is 1.45. The van der Waals surface area contributed by atoms with Crippen LogP contribution in [0.5, 0.6) is 11.8 Å². The number of imidazole rings is 1. The summed E-state index contributed by atoms with van der Waals surface area (Å²) in [6.45, 7) is 0.207. The molecule has 0 radical (unpaired) electrons. The Hall–Kier alpha value is -5.34. The Labute approximate surface area is 252 Å². The maximum atomic E-state index is 14.2. The standard InChI is InChI=1S/C30H24F4N8O3/c1-44-29-17(10-36-12-37-29)28(43)41-24-6-19(32)18(31)5-23(24)39-22-4-14(22)11-45-30-16(9-35-13-38-30)27-40-25-7-20(33)21(34)8-26(25)42(27)15-2-3-15/h5-10,12-15,22,39H,2-4,11H2,1H3,(H,41,43). The Kier molecular flexibility index (Phi) is 7.14. The van der Waals surface area contributed by atoms with Gasteiger partial charge >= 0.3 is 0 Å². The lowest BCUT2D eigenvalue weighted by Gasteiger charge is -2.15. The number of nitrogens with one attached hydrogen (secondary N) is 2. The van der Waals surface area contributed by atoms with Crippen LogP contribution in [0.1, 0.15) is 35.7 Å². The summed E-state index contributed by atoms with van der Waals surface area (Å²) in [4.78, 5) is 33.6. The molecule has 1 amide bonds. The lowest BCUT2D eigenvalue weighted by molar-refractivity contribution is 0.102. The number of fused-ring (bicyclic) bond motifs is 1. The van der Waals surface area contributed by atoms with Crippen LogP contribution < -0.4 is 20.1 Å². The second-order valence-corrected chi connectivity index (χ2v) is 10.8. The van der Waals surface area contributed by atoms with E-state index in [9.17, 15) is 22.4 Å². The number of hydrogen-bond acceptors (Lipinski definition) is 9. The number of nitrogens with zero attached hydrogens (tertiary/aromatic N) is 6. The molecule has 45 heavy (non-hydrogen) atoms. The number of hydrogen-bond donors (Lipinski definition) is 2. The van der Waals surface area contributed by atoms with Crippen LogP contribution in [-0.2, 0) is 0 Å². The minimum absolute atomic E-state index is 0.0134. The number of halogens is 4. The van der Waals surface area contributed by atoms with Gasteiger partial charge in [-0.2, -0.15) is 0 Å². The lowest BCUT2D eigenvalue weighted by Crippen LogP contribution is -2.17. The summed E-state index contributed by atoms with van der Waals surface area (Å²) >= 11 is 0. The lowest BCUT2D eigenvalue weighted by atomic mass is 10.2. The van der Waals surface area contributed by atoms with Gasteiger partial charge in [-0.3, -0.25) is 4.79 Å². The molecule has 7 rings (SSSR count). The minimum Gasteiger partial charge on any atom is -0.480 e. The number of benzene rings is 2. The number of methoxy groups -OCH3 is 1. The van der Waals surface area contributed by atoms with E-state index in [0.29, 0.717) is 28.8 Å². The van der Waals surface area contributed by atoms with Crippen molar-refractivity contribution in [2.24, 2.45) is 5.92 Å². The zero-order valence-electron chi connectivity index (χ0n) is 23.6. The summed E-state index contributed by atoms with van der Waals surface area (Å²) < 4.78 is 69.6. The molecule has 230 valence electrons. The maximum absolute atomic E-state index is 14.2. The fraction of sp³-hybridized carbons (Fsp3) is 0.267. The van der Waals surface area contributed by atoms with E-state index in [1.807, 2.05) is 4.57 Å². The predicted molar refractivity (Wildman–Crippen MR) is 153 cm³/mol. The van der Waals surface area contributed by atoms with Crippen LogP contribution in [-0.4, -0.2) is 55.2 Å². The highest BCUT2D eigenvalue weighted by Crippen LogP contribution is 2.43. The number of carbonyl (C=O) groups is 1. The fourth-order valence-corrected chi connectivity index (χ4v) is 5.16. The average Bonchev–Trinajstić information content (AvgIpc) is 3.97. The smallest absolute Gasteiger partial charge is 0.262 e. The Morgan fingerprint density at radius 3 is 2.38 bits per heavy atom. The summed E-state index contributed by atoms with van der Waals surface area (Å²) in [5.74, 6) is -4.17. The van der Waals surface area contributed by atoms with Gasteiger partial charge in [0.25, 0.3) is 5.91 Å². The molecule has 2 aromatic carbocycles. The van der Waals surface area contributed by atoms with Crippen molar-refractivity contribution in [1.29, 1.82) is 0 Å². The van der Waals surface area contributed by atoms with Gasteiger partial charge in [0.15, 0.2) is 23.3 Å². The number of rotatable bonds is 10. The maximum Gasteiger partial charge on any atom is 0.262 e. The van der Waals surface area contributed by atoms with Gasteiger partial charge in [0, 0.05) is 54.7 Å². The third kappa shape index (κ3) is 5.56. The quantitative estimate of drug-likeness (QED) is 0.200. The Morgan fingerprint density at radius 1 is 0.933 bits per heavy atom. The molecule has 0 bridgehead atoms. The van der Waals surface area contributed by atoms with E-state index in [1.54, 1.807) is 6.20 Å². The average molecular weight is 621 g/mol. The molecule has 3 aromatic heterocycles. The number of carbonyl (C=O) groups excluding carboxylic acids is 1. The van der Waals surface area contributed by atoms with Crippen molar-refractivity contribution in [2.45, 2.75) is 31.3 Å². The summed E-state index contributed by atoms with van der Waals surface area (Å²) in [7, 11) is 1.34. The molecule has 2 saturated carbocycles. The summed E-state index contributed by atoms with van der Waals surface area (Å²) in [6, 6.07) is 3.96. The predicted octanol–water partition coefficient (Wildman–Crippen LogP) is 5.31. The van der Waals surface area contributed by atoms with Crippen molar-refractivity contribution in [3.8, 4) is 23.1 Å². The van der Waals surface area contributed by atoms with Gasteiger partial charge in [-0.05, 0) is 19.3 Å². The van der Waals surface area contributed by atoms with Crippen LogP contribution in [0.25, 0.3) is 22.4 Å². The van der Waals surface area contributed by atoms with Crippen molar-refractivity contribution in [3.63, 3.8) is 0 Å². The molecular formula is C30H24F4N8O3. The third-order valence-corrected chi connectivity index (χ3v) is 7.68. The first-order chi connectivity index (χ1) is 21.8. The molecule has 2 unspecified atom stereocenters. The monoisotopic (exact) mass is 620 g/mol. The zero-order chi connectivity index (χ0) is 31.2. The van der Waals surface area contributed by atoms with Crippen molar-refractivity contribution < 1.29 is 31.8 Å². The third-order valence-electron chi connectivity index (χ3n) is 7.68. The molecule has 2 fully saturated rings. The summed E-state index contributed by atoms with van der Waals surface area (Å²) in [6.07, 6.45) is 7.71. The molecule has 0 spiro atoms. The molecule has 2 N–H and O–H groups in total. The van der Waals surface area contributed by atoms with Gasteiger partial charge in [-0.15, -0.1) is 0 Å². The van der Waals surface area contributed by atoms with Crippen molar-refractivity contribution in [1.82, 2.24) is 29.5 Å². The van der Waals surface area contributed by atoms with Crippen LogP contribution in [0, 0.1) is 29.2 Å².